The zero-order chi connectivity index (χ0) is 40.1. The topological polar surface area (TPSA) is 198 Å². The van der Waals surface area contributed by atoms with E-state index < -0.39 is 0 Å². The van der Waals surface area contributed by atoms with Gasteiger partial charge in [-0.05, 0) is 95.9 Å². The van der Waals surface area contributed by atoms with E-state index in [0.29, 0.717) is 112 Å². The van der Waals surface area contributed by atoms with Gasteiger partial charge in [-0.15, -0.1) is 0 Å². The number of phenolic OH excluding ortho intramolecular Hbond substituents is 2. The summed E-state index contributed by atoms with van der Waals surface area (Å²) in [5.41, 5.74) is 3.22. The summed E-state index contributed by atoms with van der Waals surface area (Å²) in [7, 11) is 9.69. The lowest BCUT2D eigenvalue weighted by molar-refractivity contribution is 0.0949. The van der Waals surface area contributed by atoms with Crippen LogP contribution >= 0.6 is 0 Å². The number of anilines is 2. The molecule has 0 aliphatic carbocycles. The summed E-state index contributed by atoms with van der Waals surface area (Å²) in [5.74, 6) is -0.689. The lowest BCUT2D eigenvalue weighted by atomic mass is 10.0. The summed E-state index contributed by atoms with van der Waals surface area (Å²) in [6, 6.07) is 15.8. The number of aromatic amines is 2. The van der Waals surface area contributed by atoms with Gasteiger partial charge >= 0.3 is 0 Å². The van der Waals surface area contributed by atoms with Gasteiger partial charge in [0.2, 0.25) is 0 Å². The van der Waals surface area contributed by atoms with E-state index in [0.717, 1.165) is 6.54 Å². The molecule has 6 rings (SSSR count). The molecule has 2 amide bonds. The summed E-state index contributed by atoms with van der Waals surface area (Å²) in [6.45, 7) is 4.19. The highest BCUT2D eigenvalue weighted by molar-refractivity contribution is 6.11. The van der Waals surface area contributed by atoms with Gasteiger partial charge in [0.1, 0.15) is 11.5 Å². The fraction of sp³-hybridized carbons (Fsp3) is 0.317. The van der Waals surface area contributed by atoms with Crippen LogP contribution in [0.1, 0.15) is 20.7 Å². The molecule has 0 spiro atoms. The molecule has 0 fully saturated rings. The number of nitrogens with zero attached hydrogens (tertiary/aromatic N) is 3. The van der Waals surface area contributed by atoms with Gasteiger partial charge in [0.15, 0.2) is 10.9 Å². The number of aromatic nitrogens is 2. The third-order valence-corrected chi connectivity index (χ3v) is 9.64. The number of nitrogens with one attached hydrogen (secondary N) is 6. The first-order valence-electron chi connectivity index (χ1n) is 18.5. The fourth-order valence-corrected chi connectivity index (χ4v) is 6.63. The molecule has 2 aromatic heterocycles. The Balaban J connectivity index is 1.10. The van der Waals surface area contributed by atoms with Gasteiger partial charge in [-0.25, -0.2) is 0 Å². The molecule has 0 unspecified atom stereocenters. The van der Waals surface area contributed by atoms with Crippen LogP contribution in [-0.4, -0.2) is 134 Å². The van der Waals surface area contributed by atoms with Crippen LogP contribution in [0.4, 0.5) is 11.4 Å². The Morgan fingerprint density at radius 1 is 0.589 bits per heavy atom. The van der Waals surface area contributed by atoms with Crippen molar-refractivity contribution in [3.05, 3.63) is 92.2 Å². The van der Waals surface area contributed by atoms with E-state index in [4.69, 9.17) is 0 Å². The summed E-state index contributed by atoms with van der Waals surface area (Å²) in [5, 5.41) is 34.0. The number of hydrogen-bond acceptors (Lipinski definition) is 11. The van der Waals surface area contributed by atoms with Crippen LogP contribution in [0.5, 0.6) is 11.5 Å². The van der Waals surface area contributed by atoms with E-state index in [-0.39, 0.29) is 34.2 Å². The van der Waals surface area contributed by atoms with Crippen molar-refractivity contribution in [2.45, 2.75) is 0 Å². The summed E-state index contributed by atoms with van der Waals surface area (Å²) >= 11 is 0. The molecule has 15 nitrogen and oxygen atoms in total. The summed E-state index contributed by atoms with van der Waals surface area (Å²) in [6.07, 6.45) is 0. The van der Waals surface area contributed by atoms with Gasteiger partial charge in [-0.3, -0.25) is 19.2 Å². The van der Waals surface area contributed by atoms with Crippen molar-refractivity contribution in [2.24, 2.45) is 0 Å². The molecule has 0 atom stereocenters. The average Bonchev–Trinajstić information content (AvgIpc) is 3.15. The number of hydrogen-bond donors (Lipinski definition) is 8. The Bertz CT molecular complexity index is 2550. The second-order valence-electron chi connectivity index (χ2n) is 14.5. The molecule has 0 aliphatic rings. The van der Waals surface area contributed by atoms with E-state index >= 15 is 0 Å². The molecule has 6 aromatic rings. The number of carbonyl (C=O) groups excluding carboxylic acids is 2. The van der Waals surface area contributed by atoms with E-state index in [1.165, 1.54) is 24.3 Å². The largest absolute Gasteiger partial charge is 0.508 e. The molecule has 56 heavy (non-hydrogen) atoms. The van der Waals surface area contributed by atoms with Crippen molar-refractivity contribution in [3.63, 3.8) is 0 Å². The molecule has 0 bridgehead atoms. The van der Waals surface area contributed by atoms with Crippen LogP contribution < -0.4 is 32.1 Å². The van der Waals surface area contributed by atoms with Gasteiger partial charge in [0.05, 0.1) is 38.4 Å². The molecular formula is C41H49N9O6. The van der Waals surface area contributed by atoms with Crippen LogP contribution in [0.15, 0.2) is 70.3 Å². The van der Waals surface area contributed by atoms with Gasteiger partial charge in [-0.1, -0.05) is 0 Å². The predicted octanol–water partition coefficient (Wildman–Crippen LogP) is 3.13. The lowest BCUT2D eigenvalue weighted by Gasteiger charge is -2.18. The van der Waals surface area contributed by atoms with E-state index in [9.17, 15) is 29.4 Å². The number of benzene rings is 4. The van der Waals surface area contributed by atoms with Crippen LogP contribution in [-0.2, 0) is 0 Å². The number of fused-ring (bicyclic) bond motifs is 4. The smallest absolute Gasteiger partial charge is 0.253 e. The second-order valence-corrected chi connectivity index (χ2v) is 14.5. The second kappa shape index (κ2) is 17.1. The first-order valence-corrected chi connectivity index (χ1v) is 18.5. The van der Waals surface area contributed by atoms with Crippen LogP contribution in [0.3, 0.4) is 0 Å². The zero-order valence-electron chi connectivity index (χ0n) is 32.3. The molecule has 0 radical (unpaired) electrons. The summed E-state index contributed by atoms with van der Waals surface area (Å²) < 4.78 is 0. The van der Waals surface area contributed by atoms with Crippen LogP contribution in [0, 0.1) is 0 Å². The third kappa shape index (κ3) is 8.86. The normalized spacial score (nSPS) is 11.7. The van der Waals surface area contributed by atoms with Crippen LogP contribution in [0.25, 0.3) is 43.6 Å². The van der Waals surface area contributed by atoms with Crippen molar-refractivity contribution in [2.75, 3.05) is 98.2 Å². The molecule has 0 saturated heterocycles. The molecule has 294 valence electrons. The monoisotopic (exact) mass is 763 g/mol. The van der Waals surface area contributed by atoms with Gasteiger partial charge in [0, 0.05) is 80.1 Å². The first-order chi connectivity index (χ1) is 26.8. The number of rotatable bonds is 16. The minimum atomic E-state index is -0.348. The molecule has 4 aromatic carbocycles. The zero-order valence-corrected chi connectivity index (χ0v) is 32.3. The minimum absolute atomic E-state index is 0.00914. The number of carbonyl (C=O) groups is 2. The molecule has 0 saturated carbocycles. The number of pyridine rings is 2. The van der Waals surface area contributed by atoms with Crippen LogP contribution in [0.2, 0.25) is 0 Å². The molecule has 0 aliphatic heterocycles. The van der Waals surface area contributed by atoms with Crippen molar-refractivity contribution in [1.29, 1.82) is 0 Å². The Hall–Kier alpha value is -6.16. The van der Waals surface area contributed by atoms with Gasteiger partial charge < -0.3 is 56.1 Å². The van der Waals surface area contributed by atoms with Gasteiger partial charge in [-0.2, -0.15) is 0 Å². The maximum Gasteiger partial charge on any atom is 0.253 e. The number of aromatic hydroxyl groups is 2. The average molecular weight is 764 g/mol. The Morgan fingerprint density at radius 3 is 1.75 bits per heavy atom. The van der Waals surface area contributed by atoms with E-state index in [1.807, 2.05) is 49.9 Å². The highest BCUT2D eigenvalue weighted by Gasteiger charge is 2.19. The highest BCUT2D eigenvalue weighted by atomic mass is 16.3. The number of amides is 2. The van der Waals surface area contributed by atoms with E-state index in [2.05, 4.69) is 31.2 Å². The molecular weight excluding hydrogens is 715 g/mol. The van der Waals surface area contributed by atoms with Crippen molar-refractivity contribution in [1.82, 2.24) is 35.3 Å². The Kier molecular flexibility index (Phi) is 12.1. The predicted molar refractivity (Wildman–Crippen MR) is 224 cm³/mol. The van der Waals surface area contributed by atoms with Gasteiger partial charge in [0.25, 0.3) is 11.8 Å². The Morgan fingerprint density at radius 2 is 1.14 bits per heavy atom. The highest BCUT2D eigenvalue weighted by Crippen LogP contribution is 2.28. The Labute approximate surface area is 323 Å². The number of phenols is 2. The fourth-order valence-electron chi connectivity index (χ4n) is 6.63. The van der Waals surface area contributed by atoms with E-state index in [1.54, 1.807) is 36.4 Å². The lowest BCUT2D eigenvalue weighted by Crippen LogP contribution is -2.37. The summed E-state index contributed by atoms with van der Waals surface area (Å²) in [4.78, 5) is 66.7. The quantitative estimate of drug-likeness (QED) is 0.0675. The molecule has 2 heterocycles. The van der Waals surface area contributed by atoms with Crippen molar-refractivity contribution >= 4 is 66.8 Å². The first kappa shape index (κ1) is 39.5. The maximum absolute atomic E-state index is 13.7. The number of likely N-dealkylation sites (N-methyl/N-ethyl adjacent to an activating group) is 3. The maximum atomic E-state index is 13.7. The number of H-pyrrole nitrogens is 2. The minimum Gasteiger partial charge on any atom is -0.508 e. The SMILES string of the molecule is CN(C)CCNc1cc(C(=O)NCCN(C)CCNC(=O)c2ccc(NCCN(C)C)c3c(=O)c4cc(O)ccc4[nH]c23)cc2[nH]c3ccc(O)cc3c(=O)c12. The molecule has 15 heteroatoms. The molecule has 8 N–H and O–H groups in total. The van der Waals surface area contributed by atoms with Crippen molar-refractivity contribution in [3.8, 4) is 11.5 Å². The third-order valence-electron chi connectivity index (χ3n) is 9.64. The van der Waals surface area contributed by atoms with Crippen molar-refractivity contribution < 1.29 is 19.8 Å². The standard InChI is InChI=1S/C41H49N9O6/c1-48(2)16-12-42-32-11-8-27(37-36(32)39(54)29-23-26(52)7-10-31(29)47-37)41(56)45-15-19-50(5)18-14-44-40(55)24-20-33(43-13-17-49(3)4)35-34(21-24)46-30-9-6-25(51)22-28(30)38(35)53/h6-11,20-23,42-43,51-52H,12-19H2,1-5H3,(H,44,55)(H,45,56)(H,46,53)(H,47,54).